The Bertz CT molecular complexity index is 1110. The molecular weight excluding hydrogens is 472 g/mol. The van der Waals surface area contributed by atoms with Crippen molar-refractivity contribution in [2.75, 3.05) is 38.3 Å². The maximum Gasteiger partial charge on any atom is 0.270 e. The summed E-state index contributed by atoms with van der Waals surface area (Å²) in [6.45, 7) is 3.87. The van der Waals surface area contributed by atoms with Crippen LogP contribution in [0.5, 0.6) is 17.2 Å². The Morgan fingerprint density at radius 1 is 1.09 bits per heavy atom. The maximum absolute atomic E-state index is 13.1. The molecule has 2 heterocycles. The van der Waals surface area contributed by atoms with Gasteiger partial charge in [-0.15, -0.1) is 0 Å². The molecule has 2 aliphatic heterocycles. The van der Waals surface area contributed by atoms with Crippen LogP contribution in [0, 0.1) is 0 Å². The summed E-state index contributed by atoms with van der Waals surface area (Å²) in [7, 11) is 1.59. The molecule has 0 radical (unpaired) electrons. The predicted molar refractivity (Wildman–Crippen MR) is 138 cm³/mol. The van der Waals surface area contributed by atoms with E-state index in [1.54, 1.807) is 49.6 Å². The molecule has 0 aliphatic carbocycles. The van der Waals surface area contributed by atoms with Crippen LogP contribution in [-0.4, -0.2) is 54.4 Å². The van der Waals surface area contributed by atoms with Gasteiger partial charge in [-0.25, -0.2) is 0 Å². The van der Waals surface area contributed by atoms with E-state index in [1.807, 2.05) is 17.9 Å². The average Bonchev–Trinajstić information content (AvgIpc) is 3.47. The van der Waals surface area contributed by atoms with E-state index in [-0.39, 0.29) is 18.4 Å². The predicted octanol–water partition coefficient (Wildman–Crippen LogP) is 4.50. The number of carbonyl (C=O) groups is 2. The molecule has 2 aromatic rings. The highest BCUT2D eigenvalue weighted by molar-refractivity contribution is 8.27. The normalized spacial score (nSPS) is 16.9. The molecule has 178 valence electrons. The van der Waals surface area contributed by atoms with Gasteiger partial charge in [0.2, 0.25) is 0 Å². The van der Waals surface area contributed by atoms with Gasteiger partial charge in [0.15, 0.2) is 22.4 Å². The van der Waals surface area contributed by atoms with Crippen LogP contribution in [0.1, 0.15) is 25.3 Å². The molecule has 0 spiro atoms. The maximum atomic E-state index is 13.1. The summed E-state index contributed by atoms with van der Waals surface area (Å²) in [4.78, 5) is 29.2. The highest BCUT2D eigenvalue weighted by Gasteiger charge is 2.33. The average molecular weight is 499 g/mol. The van der Waals surface area contributed by atoms with Crippen molar-refractivity contribution in [2.45, 2.75) is 19.8 Å². The zero-order valence-electron chi connectivity index (χ0n) is 19.1. The summed E-state index contributed by atoms with van der Waals surface area (Å²) in [5.74, 6) is 1.52. The summed E-state index contributed by atoms with van der Waals surface area (Å²) >= 11 is 6.71. The summed E-state index contributed by atoms with van der Waals surface area (Å²) in [5.41, 5.74) is 1.46. The molecule has 2 fully saturated rings. The number of hydrogen-bond donors (Lipinski definition) is 0. The van der Waals surface area contributed by atoms with E-state index in [1.165, 1.54) is 16.7 Å². The Hall–Kier alpha value is -3.04. The molecule has 0 atom stereocenters. The Labute approximate surface area is 208 Å². The van der Waals surface area contributed by atoms with Gasteiger partial charge < -0.3 is 19.1 Å². The molecule has 4 rings (SSSR count). The molecule has 0 unspecified atom stereocenters. The number of thioether (sulfide) groups is 1. The second kappa shape index (κ2) is 10.9. The van der Waals surface area contributed by atoms with Crippen LogP contribution in [0.15, 0.2) is 47.4 Å². The van der Waals surface area contributed by atoms with Crippen LogP contribution in [0.2, 0.25) is 0 Å². The molecule has 34 heavy (non-hydrogen) atoms. The van der Waals surface area contributed by atoms with Gasteiger partial charge in [-0.2, -0.15) is 0 Å². The number of benzene rings is 2. The standard InChI is InChI=1S/C25H26N2O5S2/c1-3-31-21-14-17(6-11-20(21)32-16-23(28)26-12-4-5-13-26)15-22-24(29)27(25(33)34-22)18-7-9-19(30-2)10-8-18/h6-11,14-15H,3-5,12-13,16H2,1-2H3/b22-15+. The lowest BCUT2D eigenvalue weighted by atomic mass is 10.1. The molecule has 2 amide bonds. The number of likely N-dealkylation sites (tertiary alicyclic amines) is 1. The molecule has 0 N–H and O–H groups in total. The quantitative estimate of drug-likeness (QED) is 0.392. The van der Waals surface area contributed by atoms with Crippen LogP contribution in [0.3, 0.4) is 0 Å². The molecule has 2 aliphatic rings. The van der Waals surface area contributed by atoms with Crippen molar-refractivity contribution in [3.05, 3.63) is 52.9 Å². The molecule has 2 saturated heterocycles. The van der Waals surface area contributed by atoms with Crippen molar-refractivity contribution in [1.82, 2.24) is 4.90 Å². The third-order valence-corrected chi connectivity index (χ3v) is 6.80. The second-order valence-corrected chi connectivity index (χ2v) is 9.41. The van der Waals surface area contributed by atoms with Crippen LogP contribution >= 0.6 is 24.0 Å². The fraction of sp³-hybridized carbons (Fsp3) is 0.320. The van der Waals surface area contributed by atoms with E-state index >= 15 is 0 Å². The fourth-order valence-corrected chi connectivity index (χ4v) is 5.07. The van der Waals surface area contributed by atoms with Crippen molar-refractivity contribution in [2.24, 2.45) is 0 Å². The number of thiocarbonyl (C=S) groups is 1. The molecule has 2 aromatic carbocycles. The first kappa shape index (κ1) is 24.1. The van der Waals surface area contributed by atoms with Gasteiger partial charge in [-0.05, 0) is 67.8 Å². The van der Waals surface area contributed by atoms with Gasteiger partial charge in [0.1, 0.15) is 5.75 Å². The second-order valence-electron chi connectivity index (χ2n) is 7.73. The molecule has 7 nitrogen and oxygen atoms in total. The van der Waals surface area contributed by atoms with E-state index in [9.17, 15) is 9.59 Å². The third kappa shape index (κ3) is 5.37. The van der Waals surface area contributed by atoms with Crippen LogP contribution in [0.25, 0.3) is 6.08 Å². The number of hydrogen-bond acceptors (Lipinski definition) is 7. The molecule has 9 heteroatoms. The number of ether oxygens (including phenoxy) is 3. The Kier molecular flexibility index (Phi) is 7.74. The molecule has 0 bridgehead atoms. The molecule has 0 saturated carbocycles. The van der Waals surface area contributed by atoms with E-state index in [4.69, 9.17) is 26.4 Å². The molecular formula is C25H26N2O5S2. The Balaban J connectivity index is 1.50. The van der Waals surface area contributed by atoms with E-state index < -0.39 is 0 Å². The summed E-state index contributed by atoms with van der Waals surface area (Å²) in [6.07, 6.45) is 3.86. The zero-order valence-corrected chi connectivity index (χ0v) is 20.7. The largest absolute Gasteiger partial charge is 0.497 e. The number of carbonyl (C=O) groups excluding carboxylic acids is 2. The summed E-state index contributed by atoms with van der Waals surface area (Å²) < 4.78 is 17.2. The van der Waals surface area contributed by atoms with Crippen molar-refractivity contribution in [3.63, 3.8) is 0 Å². The lowest BCUT2D eigenvalue weighted by Crippen LogP contribution is -2.32. The monoisotopic (exact) mass is 498 g/mol. The van der Waals surface area contributed by atoms with Gasteiger partial charge in [-0.1, -0.05) is 30.0 Å². The lowest BCUT2D eigenvalue weighted by Gasteiger charge is -2.17. The highest BCUT2D eigenvalue weighted by Crippen LogP contribution is 2.37. The van der Waals surface area contributed by atoms with E-state index in [0.717, 1.165) is 31.5 Å². The molecule has 0 aromatic heterocycles. The van der Waals surface area contributed by atoms with Crippen LogP contribution in [-0.2, 0) is 9.59 Å². The minimum atomic E-state index is -0.185. The number of anilines is 1. The minimum Gasteiger partial charge on any atom is -0.497 e. The van der Waals surface area contributed by atoms with E-state index in [0.29, 0.717) is 38.8 Å². The topological polar surface area (TPSA) is 68.3 Å². The Morgan fingerprint density at radius 2 is 1.82 bits per heavy atom. The van der Waals surface area contributed by atoms with Gasteiger partial charge in [-0.3, -0.25) is 14.5 Å². The number of amides is 2. The first-order valence-corrected chi connectivity index (χ1v) is 12.3. The number of rotatable bonds is 8. The van der Waals surface area contributed by atoms with Crippen molar-refractivity contribution in [3.8, 4) is 17.2 Å². The SMILES string of the molecule is CCOc1cc(/C=C2/SC(=S)N(c3ccc(OC)cc3)C2=O)ccc1OCC(=O)N1CCCC1. The van der Waals surface area contributed by atoms with Gasteiger partial charge in [0.25, 0.3) is 11.8 Å². The van der Waals surface area contributed by atoms with Gasteiger partial charge in [0.05, 0.1) is 24.3 Å². The van der Waals surface area contributed by atoms with Crippen molar-refractivity contribution < 1.29 is 23.8 Å². The fourth-order valence-electron chi connectivity index (χ4n) is 3.77. The smallest absolute Gasteiger partial charge is 0.270 e. The minimum absolute atomic E-state index is 0.0220. The zero-order chi connectivity index (χ0) is 24.1. The lowest BCUT2D eigenvalue weighted by molar-refractivity contribution is -0.132. The summed E-state index contributed by atoms with van der Waals surface area (Å²) in [6, 6.07) is 12.6. The van der Waals surface area contributed by atoms with Crippen LogP contribution < -0.4 is 19.1 Å². The third-order valence-electron chi connectivity index (χ3n) is 5.50. The Morgan fingerprint density at radius 3 is 2.50 bits per heavy atom. The van der Waals surface area contributed by atoms with Gasteiger partial charge >= 0.3 is 0 Å². The first-order chi connectivity index (χ1) is 16.5. The summed E-state index contributed by atoms with van der Waals surface area (Å²) in [5, 5.41) is 0. The van der Waals surface area contributed by atoms with Crippen LogP contribution in [0.4, 0.5) is 5.69 Å². The number of nitrogens with zero attached hydrogens (tertiary/aromatic N) is 2. The van der Waals surface area contributed by atoms with Crippen molar-refractivity contribution >= 4 is 51.9 Å². The van der Waals surface area contributed by atoms with Crippen molar-refractivity contribution in [1.29, 1.82) is 0 Å². The first-order valence-electron chi connectivity index (χ1n) is 11.1. The van der Waals surface area contributed by atoms with E-state index in [2.05, 4.69) is 0 Å². The van der Waals surface area contributed by atoms with Gasteiger partial charge in [0, 0.05) is 13.1 Å². The highest BCUT2D eigenvalue weighted by atomic mass is 32.2. The number of methoxy groups -OCH3 is 1.